The number of benzene rings is 2. The van der Waals surface area contributed by atoms with E-state index >= 15 is 0 Å². The summed E-state index contributed by atoms with van der Waals surface area (Å²) >= 11 is 6.16. The van der Waals surface area contributed by atoms with Gasteiger partial charge in [0.15, 0.2) is 0 Å². The summed E-state index contributed by atoms with van der Waals surface area (Å²) in [5, 5.41) is 0.710. The van der Waals surface area contributed by atoms with Gasteiger partial charge in [0.25, 0.3) is 5.91 Å². The average Bonchev–Trinajstić information content (AvgIpc) is 3.26. The molecule has 2 unspecified atom stereocenters. The Morgan fingerprint density at radius 1 is 1.00 bits per heavy atom. The molecule has 37 heavy (non-hydrogen) atoms. The number of ether oxygens (including phenoxy) is 1. The van der Waals surface area contributed by atoms with Gasteiger partial charge in [-0.15, -0.1) is 0 Å². The number of morpholine rings is 1. The number of rotatable bonds is 5. The number of aromatic nitrogens is 2. The van der Waals surface area contributed by atoms with Crippen LogP contribution in [0.25, 0.3) is 16.9 Å². The zero-order valence-electron chi connectivity index (χ0n) is 21.2. The molecule has 4 heterocycles. The number of carbonyl (C=O) groups excluding carboxylic acids is 1. The fraction of sp³-hybridized carbons (Fsp3) is 0.333. The minimum atomic E-state index is 0.0124. The molecule has 2 fully saturated rings. The number of imidazole rings is 1. The second kappa shape index (κ2) is 9.93. The standard InChI is InChI=1S/C30H31ClN4O2/c1-20(2)25-7-3-4-8-26(25)30(36)35-23-15-33(16-24(35)19-37-18-23)17-27-29(21-10-12-22(31)13-11-21)32-28-9-5-6-14-34(27)28/h3-14,20,23-24H,15-19H2,1-2H3. The second-order valence-electron chi connectivity index (χ2n) is 10.3. The van der Waals surface area contributed by atoms with Gasteiger partial charge in [-0.1, -0.05) is 61.8 Å². The molecule has 2 bridgehead atoms. The van der Waals surface area contributed by atoms with Crippen LogP contribution in [0.5, 0.6) is 0 Å². The molecule has 0 spiro atoms. The van der Waals surface area contributed by atoms with Gasteiger partial charge in [0.1, 0.15) is 5.65 Å². The Labute approximate surface area is 222 Å². The molecule has 2 atom stereocenters. The highest BCUT2D eigenvalue weighted by Gasteiger charge is 2.42. The fourth-order valence-corrected chi connectivity index (χ4v) is 5.92. The number of halogens is 1. The quantitative estimate of drug-likeness (QED) is 0.353. The molecule has 2 aromatic carbocycles. The molecule has 2 saturated heterocycles. The molecule has 6 nitrogen and oxygen atoms in total. The molecule has 7 heteroatoms. The highest BCUT2D eigenvalue weighted by molar-refractivity contribution is 6.30. The lowest BCUT2D eigenvalue weighted by molar-refractivity contribution is -0.0816. The largest absolute Gasteiger partial charge is 0.377 e. The Kier molecular flexibility index (Phi) is 6.49. The van der Waals surface area contributed by atoms with E-state index in [4.69, 9.17) is 21.3 Å². The number of carbonyl (C=O) groups is 1. The molecule has 190 valence electrons. The zero-order valence-corrected chi connectivity index (χ0v) is 21.9. The number of amides is 1. The summed E-state index contributed by atoms with van der Waals surface area (Å²) in [7, 11) is 0. The first-order valence-electron chi connectivity index (χ1n) is 12.9. The van der Waals surface area contributed by atoms with Crippen LogP contribution in [-0.4, -0.2) is 63.5 Å². The number of hydrogen-bond donors (Lipinski definition) is 0. The van der Waals surface area contributed by atoms with Crippen LogP contribution in [0, 0.1) is 0 Å². The summed E-state index contributed by atoms with van der Waals surface area (Å²) in [4.78, 5) is 23.3. The molecule has 0 N–H and O–H groups in total. The minimum Gasteiger partial charge on any atom is -0.377 e. The summed E-state index contributed by atoms with van der Waals surface area (Å²) in [6, 6.07) is 22.0. The Balaban J connectivity index is 1.30. The van der Waals surface area contributed by atoms with E-state index in [1.807, 2.05) is 60.7 Å². The van der Waals surface area contributed by atoms with Crippen molar-refractivity contribution < 1.29 is 9.53 Å². The van der Waals surface area contributed by atoms with E-state index in [0.717, 1.165) is 53.4 Å². The monoisotopic (exact) mass is 514 g/mol. The van der Waals surface area contributed by atoms with Crippen LogP contribution < -0.4 is 0 Å². The van der Waals surface area contributed by atoms with Gasteiger partial charge in [0.05, 0.1) is 36.7 Å². The molecule has 0 radical (unpaired) electrons. The zero-order chi connectivity index (χ0) is 25.5. The lowest BCUT2D eigenvalue weighted by atomic mass is 9.94. The van der Waals surface area contributed by atoms with E-state index in [0.29, 0.717) is 24.2 Å². The van der Waals surface area contributed by atoms with E-state index in [9.17, 15) is 4.79 Å². The molecule has 2 aliphatic heterocycles. The molecular formula is C30H31ClN4O2. The van der Waals surface area contributed by atoms with Crippen molar-refractivity contribution in [2.45, 2.75) is 38.4 Å². The van der Waals surface area contributed by atoms with Crippen LogP contribution in [0.15, 0.2) is 72.9 Å². The number of piperazine rings is 1. The highest BCUT2D eigenvalue weighted by Crippen LogP contribution is 2.31. The van der Waals surface area contributed by atoms with Crippen molar-refractivity contribution in [3.05, 3.63) is 94.8 Å². The SMILES string of the molecule is CC(C)c1ccccc1C(=O)N1C2COCC1CN(Cc1c(-c3ccc(Cl)cc3)nc3ccccn13)C2. The van der Waals surface area contributed by atoms with Crippen molar-refractivity contribution in [1.29, 1.82) is 0 Å². The van der Waals surface area contributed by atoms with Crippen molar-refractivity contribution in [1.82, 2.24) is 19.2 Å². The first-order valence-corrected chi connectivity index (χ1v) is 13.3. The van der Waals surface area contributed by atoms with Gasteiger partial charge in [-0.25, -0.2) is 4.98 Å². The Morgan fingerprint density at radius 3 is 2.43 bits per heavy atom. The third-order valence-electron chi connectivity index (χ3n) is 7.51. The first kappa shape index (κ1) is 24.2. The maximum atomic E-state index is 13.8. The van der Waals surface area contributed by atoms with Crippen molar-refractivity contribution in [3.8, 4) is 11.3 Å². The lowest BCUT2D eigenvalue weighted by Gasteiger charge is -2.50. The molecule has 0 aliphatic carbocycles. The second-order valence-corrected chi connectivity index (χ2v) is 10.8. The van der Waals surface area contributed by atoms with Crippen molar-refractivity contribution >= 4 is 23.2 Å². The average molecular weight is 515 g/mol. The number of pyridine rings is 1. The lowest BCUT2D eigenvalue weighted by Crippen LogP contribution is -2.66. The summed E-state index contributed by atoms with van der Waals surface area (Å²) in [5.74, 6) is 0.415. The van der Waals surface area contributed by atoms with Crippen LogP contribution in [0.1, 0.15) is 41.4 Å². The first-order chi connectivity index (χ1) is 18.0. The summed E-state index contributed by atoms with van der Waals surface area (Å²) in [5.41, 5.74) is 5.99. The molecule has 1 amide bonds. The van der Waals surface area contributed by atoms with Crippen LogP contribution in [-0.2, 0) is 11.3 Å². The van der Waals surface area contributed by atoms with Gasteiger partial charge in [-0.2, -0.15) is 0 Å². The van der Waals surface area contributed by atoms with E-state index in [2.05, 4.69) is 40.3 Å². The summed E-state index contributed by atoms with van der Waals surface area (Å²) in [6.45, 7) is 7.64. The predicted molar refractivity (Wildman–Crippen MR) is 146 cm³/mol. The molecular weight excluding hydrogens is 484 g/mol. The van der Waals surface area contributed by atoms with Gasteiger partial charge in [0, 0.05) is 42.0 Å². The Morgan fingerprint density at radius 2 is 1.70 bits per heavy atom. The van der Waals surface area contributed by atoms with Gasteiger partial charge in [-0.05, 0) is 41.8 Å². The van der Waals surface area contributed by atoms with Gasteiger partial charge >= 0.3 is 0 Å². The third-order valence-corrected chi connectivity index (χ3v) is 7.76. The van der Waals surface area contributed by atoms with Crippen molar-refractivity contribution in [3.63, 3.8) is 0 Å². The van der Waals surface area contributed by atoms with Gasteiger partial charge in [-0.3, -0.25) is 9.69 Å². The maximum Gasteiger partial charge on any atom is 0.254 e. The molecule has 0 saturated carbocycles. The van der Waals surface area contributed by atoms with E-state index in [-0.39, 0.29) is 18.0 Å². The number of nitrogens with zero attached hydrogens (tertiary/aromatic N) is 4. The highest BCUT2D eigenvalue weighted by atomic mass is 35.5. The van der Waals surface area contributed by atoms with Gasteiger partial charge < -0.3 is 14.0 Å². The Hall–Kier alpha value is -3.19. The molecule has 4 aromatic rings. The molecule has 2 aliphatic rings. The summed E-state index contributed by atoms with van der Waals surface area (Å²) in [6.07, 6.45) is 2.07. The van der Waals surface area contributed by atoms with E-state index in [1.54, 1.807) is 0 Å². The van der Waals surface area contributed by atoms with Crippen LogP contribution in [0.3, 0.4) is 0 Å². The molecule has 6 rings (SSSR count). The smallest absolute Gasteiger partial charge is 0.254 e. The number of hydrogen-bond acceptors (Lipinski definition) is 4. The van der Waals surface area contributed by atoms with E-state index in [1.165, 1.54) is 0 Å². The summed E-state index contributed by atoms with van der Waals surface area (Å²) < 4.78 is 8.11. The molecule has 2 aromatic heterocycles. The van der Waals surface area contributed by atoms with E-state index < -0.39 is 0 Å². The van der Waals surface area contributed by atoms with Crippen LogP contribution in [0.4, 0.5) is 0 Å². The maximum absolute atomic E-state index is 13.8. The van der Waals surface area contributed by atoms with Crippen molar-refractivity contribution in [2.75, 3.05) is 26.3 Å². The van der Waals surface area contributed by atoms with Crippen LogP contribution in [0.2, 0.25) is 5.02 Å². The number of fused-ring (bicyclic) bond motifs is 3. The van der Waals surface area contributed by atoms with Gasteiger partial charge in [0.2, 0.25) is 0 Å². The normalized spacial score (nSPS) is 20.1. The topological polar surface area (TPSA) is 50.1 Å². The fourth-order valence-electron chi connectivity index (χ4n) is 5.79. The van der Waals surface area contributed by atoms with Crippen LogP contribution >= 0.6 is 11.6 Å². The van der Waals surface area contributed by atoms with Crippen molar-refractivity contribution in [2.24, 2.45) is 0 Å². The minimum absolute atomic E-state index is 0.0124. The Bertz CT molecular complexity index is 1420. The predicted octanol–water partition coefficient (Wildman–Crippen LogP) is 5.50. The third kappa shape index (κ3) is 4.54.